The molecule has 1 aromatic rings. The first-order valence-corrected chi connectivity index (χ1v) is 6.50. The zero-order chi connectivity index (χ0) is 12.3. The van der Waals surface area contributed by atoms with E-state index in [9.17, 15) is 4.79 Å². The number of aryl methyl sites for hydroxylation is 2. The van der Waals surface area contributed by atoms with Crippen molar-refractivity contribution in [3.05, 3.63) is 34.9 Å². The quantitative estimate of drug-likeness (QED) is 0.810. The molecule has 92 valence electrons. The first kappa shape index (κ1) is 12.3. The van der Waals surface area contributed by atoms with Crippen molar-refractivity contribution in [2.45, 2.75) is 45.6 Å². The Bertz CT molecular complexity index is 385. The van der Waals surface area contributed by atoms with Gasteiger partial charge in [0.2, 0.25) is 0 Å². The van der Waals surface area contributed by atoms with Crippen molar-refractivity contribution >= 4 is 5.78 Å². The molecule has 1 atom stereocenters. The predicted octanol–water partition coefficient (Wildman–Crippen LogP) is 3.02. The third kappa shape index (κ3) is 3.40. The Morgan fingerprint density at radius 3 is 2.53 bits per heavy atom. The van der Waals surface area contributed by atoms with Crippen LogP contribution in [-0.4, -0.2) is 18.4 Å². The van der Waals surface area contributed by atoms with Gasteiger partial charge in [-0.05, 0) is 45.4 Å². The molecular weight excluding hydrogens is 210 g/mol. The van der Waals surface area contributed by atoms with Gasteiger partial charge in [-0.25, -0.2) is 0 Å². The number of rotatable bonds is 3. The van der Waals surface area contributed by atoms with E-state index in [1.165, 1.54) is 24.0 Å². The molecular formula is C15H21NO. The smallest absolute Gasteiger partial charge is 0.164 e. The Hall–Kier alpha value is -1.15. The molecule has 1 aromatic carbocycles. The van der Waals surface area contributed by atoms with E-state index in [2.05, 4.69) is 11.4 Å². The fourth-order valence-corrected chi connectivity index (χ4v) is 2.58. The van der Waals surface area contributed by atoms with Crippen LogP contribution in [0.25, 0.3) is 0 Å². The van der Waals surface area contributed by atoms with Crippen LogP contribution in [-0.2, 0) is 0 Å². The van der Waals surface area contributed by atoms with Crippen molar-refractivity contribution in [1.29, 1.82) is 0 Å². The van der Waals surface area contributed by atoms with E-state index in [4.69, 9.17) is 0 Å². The topological polar surface area (TPSA) is 29.1 Å². The first-order valence-electron chi connectivity index (χ1n) is 6.50. The summed E-state index contributed by atoms with van der Waals surface area (Å²) in [6.45, 7) is 5.15. The van der Waals surface area contributed by atoms with Gasteiger partial charge in [-0.1, -0.05) is 23.6 Å². The molecule has 17 heavy (non-hydrogen) atoms. The monoisotopic (exact) mass is 231 g/mol. The lowest BCUT2D eigenvalue weighted by Gasteiger charge is -2.22. The number of nitrogens with one attached hydrogen (secondary N) is 1. The van der Waals surface area contributed by atoms with E-state index in [1.807, 2.05) is 26.0 Å². The summed E-state index contributed by atoms with van der Waals surface area (Å²) in [6.07, 6.45) is 4.27. The van der Waals surface area contributed by atoms with Crippen LogP contribution in [0.1, 0.15) is 47.2 Å². The molecule has 0 radical (unpaired) electrons. The van der Waals surface area contributed by atoms with Crippen molar-refractivity contribution < 1.29 is 4.79 Å². The highest BCUT2D eigenvalue weighted by atomic mass is 16.1. The van der Waals surface area contributed by atoms with Crippen molar-refractivity contribution in [2.24, 2.45) is 0 Å². The van der Waals surface area contributed by atoms with E-state index in [0.717, 1.165) is 18.5 Å². The molecule has 0 aromatic heterocycles. The Balaban J connectivity index is 2.03. The molecule has 1 saturated heterocycles. The van der Waals surface area contributed by atoms with Gasteiger partial charge in [-0.3, -0.25) is 4.79 Å². The van der Waals surface area contributed by atoms with E-state index >= 15 is 0 Å². The molecule has 2 rings (SSSR count). The second-order valence-corrected chi connectivity index (χ2v) is 5.15. The average molecular weight is 231 g/mol. The summed E-state index contributed by atoms with van der Waals surface area (Å²) in [5.74, 6) is 0.274. The van der Waals surface area contributed by atoms with Crippen molar-refractivity contribution in [3.63, 3.8) is 0 Å². The van der Waals surface area contributed by atoms with Gasteiger partial charge in [0, 0.05) is 18.0 Å². The van der Waals surface area contributed by atoms with Crippen LogP contribution in [0, 0.1) is 13.8 Å². The Morgan fingerprint density at radius 1 is 1.24 bits per heavy atom. The van der Waals surface area contributed by atoms with E-state index in [0.29, 0.717) is 12.5 Å². The largest absolute Gasteiger partial charge is 0.314 e. The van der Waals surface area contributed by atoms with E-state index < -0.39 is 0 Å². The predicted molar refractivity (Wildman–Crippen MR) is 70.5 cm³/mol. The minimum absolute atomic E-state index is 0.274. The highest BCUT2D eigenvalue weighted by Crippen LogP contribution is 2.15. The summed E-state index contributed by atoms with van der Waals surface area (Å²) in [6, 6.07) is 6.49. The number of Topliss-reactive ketones (excluding diaryl/α,β-unsaturated/α-hetero) is 1. The number of hydrogen-bond acceptors (Lipinski definition) is 2. The van der Waals surface area contributed by atoms with Gasteiger partial charge in [0.05, 0.1) is 0 Å². The van der Waals surface area contributed by atoms with Crippen LogP contribution in [0.2, 0.25) is 0 Å². The highest BCUT2D eigenvalue weighted by Gasteiger charge is 2.17. The maximum atomic E-state index is 12.2. The minimum atomic E-state index is 0.274. The van der Waals surface area contributed by atoms with Gasteiger partial charge in [-0.2, -0.15) is 0 Å². The molecule has 1 aliphatic heterocycles. The molecule has 0 spiro atoms. The summed E-state index contributed by atoms with van der Waals surface area (Å²) < 4.78 is 0. The van der Waals surface area contributed by atoms with Crippen LogP contribution < -0.4 is 5.32 Å². The van der Waals surface area contributed by atoms with Crippen LogP contribution >= 0.6 is 0 Å². The van der Waals surface area contributed by atoms with Crippen molar-refractivity contribution in [3.8, 4) is 0 Å². The fourth-order valence-electron chi connectivity index (χ4n) is 2.58. The Kier molecular flexibility index (Phi) is 3.95. The maximum absolute atomic E-state index is 12.2. The molecule has 1 heterocycles. The molecule has 1 N–H and O–H groups in total. The lowest BCUT2D eigenvalue weighted by Crippen LogP contribution is -2.35. The van der Waals surface area contributed by atoms with Crippen LogP contribution in [0.4, 0.5) is 0 Å². The van der Waals surface area contributed by atoms with Gasteiger partial charge < -0.3 is 5.32 Å². The lowest BCUT2D eigenvalue weighted by atomic mass is 9.95. The Labute approximate surface area is 103 Å². The van der Waals surface area contributed by atoms with Gasteiger partial charge in [-0.15, -0.1) is 0 Å². The number of benzene rings is 1. The Morgan fingerprint density at radius 2 is 1.94 bits per heavy atom. The second kappa shape index (κ2) is 5.46. The zero-order valence-corrected chi connectivity index (χ0v) is 10.8. The molecule has 0 amide bonds. The van der Waals surface area contributed by atoms with Gasteiger partial charge in [0.15, 0.2) is 5.78 Å². The van der Waals surface area contributed by atoms with E-state index in [1.54, 1.807) is 0 Å². The van der Waals surface area contributed by atoms with Crippen LogP contribution in [0.15, 0.2) is 18.2 Å². The minimum Gasteiger partial charge on any atom is -0.314 e. The summed E-state index contributed by atoms with van der Waals surface area (Å²) in [5.41, 5.74) is 3.21. The highest BCUT2D eigenvalue weighted by molar-refractivity contribution is 5.96. The second-order valence-electron chi connectivity index (χ2n) is 5.15. The SMILES string of the molecule is Cc1cc(C)cc(C(=O)CC2CCCCN2)c1. The number of carbonyl (C=O) groups is 1. The summed E-state index contributed by atoms with van der Waals surface area (Å²) in [4.78, 5) is 12.2. The summed E-state index contributed by atoms with van der Waals surface area (Å²) in [7, 11) is 0. The normalized spacial score (nSPS) is 20.2. The standard InChI is InChI=1S/C15H21NO/c1-11-7-12(2)9-13(8-11)15(17)10-14-5-3-4-6-16-14/h7-9,14,16H,3-6,10H2,1-2H3. The molecule has 2 heteroatoms. The number of hydrogen-bond donors (Lipinski definition) is 1. The third-order valence-electron chi connectivity index (χ3n) is 3.39. The molecule has 0 bridgehead atoms. The maximum Gasteiger partial charge on any atom is 0.164 e. The molecule has 1 fully saturated rings. The summed E-state index contributed by atoms with van der Waals surface area (Å²) in [5, 5.41) is 3.43. The first-order chi connectivity index (χ1) is 8.15. The molecule has 1 unspecified atom stereocenters. The van der Waals surface area contributed by atoms with Crippen LogP contribution in [0.3, 0.4) is 0 Å². The van der Waals surface area contributed by atoms with Crippen molar-refractivity contribution in [1.82, 2.24) is 5.32 Å². The van der Waals surface area contributed by atoms with Gasteiger partial charge >= 0.3 is 0 Å². The van der Waals surface area contributed by atoms with Crippen molar-refractivity contribution in [2.75, 3.05) is 6.54 Å². The van der Waals surface area contributed by atoms with E-state index in [-0.39, 0.29) is 5.78 Å². The average Bonchev–Trinajstić information content (AvgIpc) is 2.29. The zero-order valence-electron chi connectivity index (χ0n) is 10.8. The molecule has 0 aliphatic carbocycles. The molecule has 0 saturated carbocycles. The molecule has 2 nitrogen and oxygen atoms in total. The van der Waals surface area contributed by atoms with Crippen LogP contribution in [0.5, 0.6) is 0 Å². The fraction of sp³-hybridized carbons (Fsp3) is 0.533. The lowest BCUT2D eigenvalue weighted by molar-refractivity contribution is 0.0963. The molecule has 1 aliphatic rings. The van der Waals surface area contributed by atoms with Gasteiger partial charge in [0.1, 0.15) is 0 Å². The number of piperidine rings is 1. The number of carbonyl (C=O) groups excluding carboxylic acids is 1. The van der Waals surface area contributed by atoms with Gasteiger partial charge in [0.25, 0.3) is 0 Å². The third-order valence-corrected chi connectivity index (χ3v) is 3.39. The summed E-state index contributed by atoms with van der Waals surface area (Å²) >= 11 is 0. The number of ketones is 1.